The Kier molecular flexibility index (Phi) is 9.98. The summed E-state index contributed by atoms with van der Waals surface area (Å²) in [5, 5.41) is 25.1. The second kappa shape index (κ2) is 13.8. The van der Waals surface area contributed by atoms with Crippen molar-refractivity contribution in [1.29, 1.82) is 0 Å². The molecule has 0 spiro atoms. The number of aliphatic hydroxyl groups excluding tert-OH is 2. The van der Waals surface area contributed by atoms with Crippen molar-refractivity contribution in [3.8, 4) is 0 Å². The lowest BCUT2D eigenvalue weighted by Crippen LogP contribution is -2.58. The number of hydrogen-bond acceptors (Lipinski definition) is 6. The monoisotopic (exact) mass is 616 g/mol. The van der Waals surface area contributed by atoms with Crippen LogP contribution in [0.3, 0.4) is 0 Å². The molecule has 4 saturated carbocycles. The predicted octanol–water partition coefficient (Wildman–Crippen LogP) is 6.00. The lowest BCUT2D eigenvalue weighted by atomic mass is 9.43. The van der Waals surface area contributed by atoms with Crippen LogP contribution in [0.5, 0.6) is 0 Å². The molecule has 3 N–H and O–H groups in total. The van der Waals surface area contributed by atoms with Crippen LogP contribution < -0.4 is 5.32 Å². The van der Waals surface area contributed by atoms with Crippen LogP contribution in [-0.2, 0) is 17.9 Å². The Morgan fingerprint density at radius 1 is 0.933 bits per heavy atom. The summed E-state index contributed by atoms with van der Waals surface area (Å²) in [5.41, 5.74) is 2.53. The molecule has 10 atom stereocenters. The van der Waals surface area contributed by atoms with Crippen molar-refractivity contribution in [2.24, 2.45) is 46.3 Å². The van der Waals surface area contributed by atoms with Gasteiger partial charge in [-0.15, -0.1) is 0 Å². The van der Waals surface area contributed by atoms with Crippen molar-refractivity contribution in [2.75, 3.05) is 13.1 Å². The molecule has 2 aromatic heterocycles. The van der Waals surface area contributed by atoms with Crippen molar-refractivity contribution in [3.63, 3.8) is 0 Å². The third-order valence-corrected chi connectivity index (χ3v) is 13.2. The van der Waals surface area contributed by atoms with Gasteiger partial charge in [0.05, 0.1) is 23.6 Å². The zero-order chi connectivity index (χ0) is 31.6. The summed E-state index contributed by atoms with van der Waals surface area (Å²) >= 11 is 0. The molecule has 2 aromatic rings. The molecule has 4 fully saturated rings. The van der Waals surface area contributed by atoms with E-state index < -0.39 is 0 Å². The molecule has 4 aliphatic carbocycles. The van der Waals surface area contributed by atoms with E-state index >= 15 is 0 Å². The highest BCUT2D eigenvalue weighted by Crippen LogP contribution is 2.68. The topological polar surface area (TPSA) is 98.6 Å². The van der Waals surface area contributed by atoms with Gasteiger partial charge in [-0.2, -0.15) is 0 Å². The fourth-order valence-electron chi connectivity index (χ4n) is 10.8. The maximum atomic E-state index is 13.0. The van der Waals surface area contributed by atoms with Gasteiger partial charge in [-0.05, 0) is 128 Å². The van der Waals surface area contributed by atoms with Crippen molar-refractivity contribution in [3.05, 3.63) is 60.2 Å². The first-order valence-electron chi connectivity index (χ1n) is 17.8. The highest BCUT2D eigenvalue weighted by Gasteiger charge is 2.62. The van der Waals surface area contributed by atoms with Crippen molar-refractivity contribution >= 4 is 5.91 Å². The van der Waals surface area contributed by atoms with Gasteiger partial charge in [0.15, 0.2) is 0 Å². The molecule has 0 aromatic carbocycles. The lowest BCUT2D eigenvalue weighted by molar-refractivity contribution is -0.174. The summed E-state index contributed by atoms with van der Waals surface area (Å²) in [4.78, 5) is 24.3. The van der Waals surface area contributed by atoms with E-state index in [-0.39, 0.29) is 28.9 Å². The van der Waals surface area contributed by atoms with Crippen molar-refractivity contribution in [2.45, 2.75) is 110 Å². The third kappa shape index (κ3) is 6.87. The normalized spacial score (nSPS) is 36.5. The molecule has 45 heavy (non-hydrogen) atoms. The molecular weight excluding hydrogens is 560 g/mol. The summed E-state index contributed by atoms with van der Waals surface area (Å²) < 4.78 is 0. The van der Waals surface area contributed by atoms with Crippen LogP contribution in [0.4, 0.5) is 0 Å². The van der Waals surface area contributed by atoms with Crippen molar-refractivity contribution in [1.82, 2.24) is 20.2 Å². The number of carbonyl (C=O) groups excluding carboxylic acids is 1. The van der Waals surface area contributed by atoms with Gasteiger partial charge >= 0.3 is 0 Å². The van der Waals surface area contributed by atoms with Gasteiger partial charge < -0.3 is 15.5 Å². The molecule has 7 heteroatoms. The predicted molar refractivity (Wildman–Crippen MR) is 177 cm³/mol. The fourth-order valence-corrected chi connectivity index (χ4v) is 10.8. The summed E-state index contributed by atoms with van der Waals surface area (Å²) in [5.74, 6) is 3.22. The number of nitrogens with zero attached hydrogens (tertiary/aromatic N) is 3. The summed E-state index contributed by atoms with van der Waals surface area (Å²) in [6.45, 7) is 10.1. The minimum absolute atomic E-state index is 0.141. The molecule has 0 bridgehead atoms. The van der Waals surface area contributed by atoms with Crippen LogP contribution in [0.2, 0.25) is 0 Å². The summed E-state index contributed by atoms with van der Waals surface area (Å²) in [7, 11) is 0. The van der Waals surface area contributed by atoms with Crippen molar-refractivity contribution < 1.29 is 15.0 Å². The molecule has 0 unspecified atom stereocenters. The second-order valence-electron chi connectivity index (χ2n) is 15.7. The number of fused-ring (bicyclic) bond motifs is 5. The van der Waals surface area contributed by atoms with E-state index in [1.54, 1.807) is 0 Å². The average Bonchev–Trinajstić information content (AvgIpc) is 3.39. The summed E-state index contributed by atoms with van der Waals surface area (Å²) in [6, 6.07) is 12.0. The Hall–Kier alpha value is -2.35. The highest BCUT2D eigenvalue weighted by atomic mass is 16.3. The number of pyridine rings is 2. The molecule has 1 amide bonds. The molecule has 4 aliphatic rings. The van der Waals surface area contributed by atoms with Gasteiger partial charge in [0, 0.05) is 45.0 Å². The standard InChI is InChI=1S/C38H56N4O3/c1-26(10-13-35(45)41-20-21-42(24-28-8-4-6-18-39-28)25-29-9-5-7-19-40-29)31-11-12-32-36-33(15-17-38(31,32)3)37(2)16-14-30(43)22-27(37)23-34(36)44/h4-9,18-19,26-27,30-34,36,43-44H,10-17,20-25H2,1-3H3,(H,41,45)/t26-,27+,30-,31-,32+,33+,34+,36+,37+,38-/m1/s1. The van der Waals surface area contributed by atoms with Gasteiger partial charge in [-0.1, -0.05) is 32.9 Å². The van der Waals surface area contributed by atoms with Gasteiger partial charge in [-0.3, -0.25) is 19.7 Å². The third-order valence-electron chi connectivity index (χ3n) is 13.2. The number of rotatable bonds is 11. The lowest BCUT2D eigenvalue weighted by Gasteiger charge is -2.62. The van der Waals surface area contributed by atoms with E-state index in [0.717, 1.165) is 50.0 Å². The Morgan fingerprint density at radius 3 is 2.27 bits per heavy atom. The second-order valence-corrected chi connectivity index (χ2v) is 15.7. The number of nitrogens with one attached hydrogen (secondary N) is 1. The largest absolute Gasteiger partial charge is 0.393 e. The average molecular weight is 617 g/mol. The maximum Gasteiger partial charge on any atom is 0.220 e. The van der Waals surface area contributed by atoms with Gasteiger partial charge in [0.2, 0.25) is 5.91 Å². The molecular formula is C38H56N4O3. The quantitative estimate of drug-likeness (QED) is 0.286. The number of aromatic nitrogens is 2. The zero-order valence-corrected chi connectivity index (χ0v) is 27.8. The minimum Gasteiger partial charge on any atom is -0.393 e. The van der Waals surface area contributed by atoms with E-state index in [9.17, 15) is 15.0 Å². The highest BCUT2D eigenvalue weighted by molar-refractivity contribution is 5.75. The minimum atomic E-state index is -0.238. The molecule has 0 radical (unpaired) electrons. The van der Waals surface area contributed by atoms with E-state index in [1.165, 1.54) is 25.7 Å². The van der Waals surface area contributed by atoms with E-state index in [2.05, 4.69) is 41.0 Å². The molecule has 0 aliphatic heterocycles. The Morgan fingerprint density at radius 2 is 1.60 bits per heavy atom. The number of aliphatic hydroxyl groups is 2. The van der Waals surface area contributed by atoms with E-state index in [4.69, 9.17) is 0 Å². The molecule has 7 nitrogen and oxygen atoms in total. The summed E-state index contributed by atoms with van der Waals surface area (Å²) in [6.07, 6.45) is 13.3. The van der Waals surface area contributed by atoms with E-state index in [0.29, 0.717) is 61.6 Å². The number of hydrogen-bond donors (Lipinski definition) is 3. The van der Waals surface area contributed by atoms with Gasteiger partial charge in [0.1, 0.15) is 0 Å². The van der Waals surface area contributed by atoms with Crippen LogP contribution in [-0.4, -0.2) is 56.3 Å². The Balaban J connectivity index is 1.01. The molecule has 246 valence electrons. The van der Waals surface area contributed by atoms with Crippen LogP contribution in [0, 0.1) is 46.3 Å². The molecule has 0 saturated heterocycles. The zero-order valence-electron chi connectivity index (χ0n) is 27.8. The fraction of sp³-hybridized carbons (Fsp3) is 0.711. The van der Waals surface area contributed by atoms with Crippen LogP contribution >= 0.6 is 0 Å². The Labute approximate surface area is 270 Å². The molecule has 2 heterocycles. The Bertz CT molecular complexity index is 1220. The first kappa shape index (κ1) is 32.6. The molecule has 6 rings (SSSR count). The van der Waals surface area contributed by atoms with Gasteiger partial charge in [-0.25, -0.2) is 0 Å². The van der Waals surface area contributed by atoms with Crippen LogP contribution in [0.1, 0.15) is 96.4 Å². The van der Waals surface area contributed by atoms with Crippen LogP contribution in [0.15, 0.2) is 48.8 Å². The van der Waals surface area contributed by atoms with Crippen LogP contribution in [0.25, 0.3) is 0 Å². The van der Waals surface area contributed by atoms with Gasteiger partial charge in [0.25, 0.3) is 0 Å². The van der Waals surface area contributed by atoms with E-state index in [1.807, 2.05) is 48.8 Å². The number of amides is 1. The SMILES string of the molecule is C[C@H](CCC(=O)NCCN(Cc1ccccn1)Cc1ccccn1)[C@H]1CC[C@H]2[C@@H]3[C@@H](O)C[C@@H]4C[C@H](O)CC[C@]4(C)[C@H]3CC[C@]12C. The first-order chi connectivity index (χ1) is 21.7. The first-order valence-corrected chi connectivity index (χ1v) is 17.8. The smallest absolute Gasteiger partial charge is 0.220 e. The number of carbonyl (C=O) groups is 1. The maximum absolute atomic E-state index is 13.0.